The average Bonchev–Trinajstić information content (AvgIpc) is 2.23. The van der Waals surface area contributed by atoms with Crippen LogP contribution in [0.3, 0.4) is 0 Å². The lowest BCUT2D eigenvalue weighted by Gasteiger charge is -2.35. The zero-order valence-corrected chi connectivity index (χ0v) is 8.57. The van der Waals surface area contributed by atoms with Gasteiger partial charge in [-0.05, 0) is 42.6 Å². The zero-order valence-electron chi connectivity index (χ0n) is 6.86. The van der Waals surface area contributed by atoms with Gasteiger partial charge < -0.3 is 0 Å². The van der Waals surface area contributed by atoms with E-state index in [9.17, 15) is 0 Å². The topological polar surface area (TPSA) is 3.24 Å². The zero-order chi connectivity index (χ0) is 7.84. The van der Waals surface area contributed by atoms with E-state index in [-0.39, 0.29) is 0 Å². The highest BCUT2D eigenvalue weighted by atomic mass is 33.1. The molecule has 2 rings (SSSR count). The second kappa shape index (κ2) is 3.19. The van der Waals surface area contributed by atoms with Crippen LogP contribution < -0.4 is 0 Å². The fraction of sp³-hybridized carbons (Fsp3) is 1.00. The van der Waals surface area contributed by atoms with Crippen molar-refractivity contribution in [3.8, 4) is 0 Å². The van der Waals surface area contributed by atoms with Crippen molar-refractivity contribution in [2.45, 2.75) is 44.7 Å². The summed E-state index contributed by atoms with van der Waals surface area (Å²) in [6, 6.07) is 1.68. The molecule has 64 valence electrons. The number of hydrogen-bond donors (Lipinski definition) is 1. The van der Waals surface area contributed by atoms with Gasteiger partial charge in [-0.25, -0.2) is 4.31 Å². The second-order valence-corrected chi connectivity index (χ2v) is 4.98. The van der Waals surface area contributed by atoms with E-state index in [2.05, 4.69) is 22.9 Å². The molecular weight excluding hydrogens is 174 g/mol. The molecule has 3 atom stereocenters. The van der Waals surface area contributed by atoms with Crippen LogP contribution in [-0.2, 0) is 0 Å². The first kappa shape index (κ1) is 8.27. The molecule has 0 aromatic carbocycles. The Morgan fingerprint density at radius 1 is 1.27 bits per heavy atom. The smallest absolute Gasteiger partial charge is 0.0216 e. The van der Waals surface area contributed by atoms with E-state index in [0.717, 1.165) is 18.0 Å². The van der Waals surface area contributed by atoms with Gasteiger partial charge in [0.15, 0.2) is 0 Å². The van der Waals surface area contributed by atoms with E-state index in [1.165, 1.54) is 25.7 Å². The lowest BCUT2D eigenvalue weighted by atomic mass is 9.94. The molecule has 2 heterocycles. The predicted octanol–water partition coefficient (Wildman–Crippen LogP) is 2.74. The number of hydrogen-bond acceptors (Lipinski definition) is 3. The number of thiol groups is 1. The second-order valence-electron chi connectivity index (χ2n) is 3.90. The maximum absolute atomic E-state index is 4.29. The van der Waals surface area contributed by atoms with Crippen molar-refractivity contribution in [1.82, 2.24) is 4.31 Å². The first-order chi connectivity index (χ1) is 5.31. The van der Waals surface area contributed by atoms with Gasteiger partial charge in [-0.3, -0.25) is 0 Å². The van der Waals surface area contributed by atoms with Crippen molar-refractivity contribution >= 4 is 22.6 Å². The quantitative estimate of drug-likeness (QED) is 0.384. The Bertz CT molecular complexity index is 137. The largest absolute Gasteiger partial charge is 0.235 e. The Kier molecular flexibility index (Phi) is 2.40. The molecule has 1 unspecified atom stereocenters. The van der Waals surface area contributed by atoms with E-state index in [1.54, 1.807) is 11.0 Å². The van der Waals surface area contributed by atoms with Crippen LogP contribution in [0, 0.1) is 5.92 Å². The summed E-state index contributed by atoms with van der Waals surface area (Å²) < 4.78 is 2.50. The standard InChI is InChI=1S/C8H15NS2/c1-6-4-7-2-3-8(5-6)9(7)11-10/h6-8,10H,2-5H2,1H3/t6?,7-,8+. The van der Waals surface area contributed by atoms with Crippen LogP contribution in [0.5, 0.6) is 0 Å². The molecular formula is C8H15NS2. The summed E-state index contributed by atoms with van der Waals surface area (Å²) in [4.78, 5) is 0. The van der Waals surface area contributed by atoms with Gasteiger partial charge in [0.05, 0.1) is 0 Å². The van der Waals surface area contributed by atoms with Crippen molar-refractivity contribution < 1.29 is 0 Å². The van der Waals surface area contributed by atoms with Gasteiger partial charge in [0.25, 0.3) is 0 Å². The molecule has 2 bridgehead atoms. The predicted molar refractivity (Wildman–Crippen MR) is 53.6 cm³/mol. The molecule has 0 N–H and O–H groups in total. The Labute approximate surface area is 77.9 Å². The number of piperidine rings is 1. The van der Waals surface area contributed by atoms with E-state index >= 15 is 0 Å². The van der Waals surface area contributed by atoms with Crippen molar-refractivity contribution in [2.24, 2.45) is 5.92 Å². The van der Waals surface area contributed by atoms with Gasteiger partial charge in [-0.15, -0.1) is 0 Å². The molecule has 2 aliphatic heterocycles. The molecule has 2 saturated heterocycles. The number of nitrogens with zero attached hydrogens (tertiary/aromatic N) is 1. The van der Waals surface area contributed by atoms with Crippen LogP contribution in [0.4, 0.5) is 0 Å². The molecule has 0 aliphatic carbocycles. The summed E-state index contributed by atoms with van der Waals surface area (Å²) >= 11 is 4.29. The third kappa shape index (κ3) is 1.43. The minimum atomic E-state index is 0.839. The monoisotopic (exact) mass is 189 g/mol. The minimum absolute atomic E-state index is 0.839. The molecule has 0 spiro atoms. The lowest BCUT2D eigenvalue weighted by Crippen LogP contribution is -2.36. The molecule has 0 radical (unpaired) electrons. The van der Waals surface area contributed by atoms with Gasteiger partial charge >= 0.3 is 0 Å². The van der Waals surface area contributed by atoms with Gasteiger partial charge in [-0.2, -0.15) is 0 Å². The van der Waals surface area contributed by atoms with Crippen LogP contribution in [0.25, 0.3) is 0 Å². The van der Waals surface area contributed by atoms with Gasteiger partial charge in [-0.1, -0.05) is 18.6 Å². The van der Waals surface area contributed by atoms with E-state index in [0.29, 0.717) is 0 Å². The third-order valence-electron chi connectivity index (χ3n) is 3.00. The van der Waals surface area contributed by atoms with Gasteiger partial charge in [0.2, 0.25) is 0 Å². The molecule has 0 amide bonds. The molecule has 0 saturated carbocycles. The highest BCUT2D eigenvalue weighted by Crippen LogP contribution is 2.43. The Morgan fingerprint density at radius 2 is 1.82 bits per heavy atom. The van der Waals surface area contributed by atoms with Gasteiger partial charge in [0.1, 0.15) is 0 Å². The van der Waals surface area contributed by atoms with Crippen molar-refractivity contribution in [2.75, 3.05) is 0 Å². The molecule has 0 aromatic rings. The van der Waals surface area contributed by atoms with Crippen LogP contribution >= 0.6 is 22.6 Å². The molecule has 0 aromatic heterocycles. The SMILES string of the molecule is CC1C[C@H]2CC[C@@H](C1)N2SS. The molecule has 1 nitrogen and oxygen atoms in total. The molecule has 3 heteroatoms. The van der Waals surface area contributed by atoms with Crippen LogP contribution in [0.15, 0.2) is 0 Å². The van der Waals surface area contributed by atoms with E-state index < -0.39 is 0 Å². The summed E-state index contributed by atoms with van der Waals surface area (Å²) in [5.74, 6) is 0.948. The average molecular weight is 189 g/mol. The summed E-state index contributed by atoms with van der Waals surface area (Å²) in [5, 5.41) is 0. The summed E-state index contributed by atoms with van der Waals surface area (Å²) in [6.07, 6.45) is 5.60. The van der Waals surface area contributed by atoms with Crippen molar-refractivity contribution in [1.29, 1.82) is 0 Å². The van der Waals surface area contributed by atoms with Gasteiger partial charge in [0, 0.05) is 12.1 Å². The van der Waals surface area contributed by atoms with E-state index in [1.807, 2.05) is 0 Å². The van der Waals surface area contributed by atoms with Crippen molar-refractivity contribution in [3.05, 3.63) is 0 Å². The molecule has 11 heavy (non-hydrogen) atoms. The highest BCUT2D eigenvalue weighted by molar-refractivity contribution is 8.67. The third-order valence-corrected chi connectivity index (χ3v) is 4.35. The maximum Gasteiger partial charge on any atom is 0.0216 e. The molecule has 2 aliphatic rings. The Morgan fingerprint density at radius 3 is 2.27 bits per heavy atom. The summed E-state index contributed by atoms with van der Waals surface area (Å²) in [6.45, 7) is 2.38. The maximum atomic E-state index is 4.29. The fourth-order valence-corrected chi connectivity index (χ4v) is 3.99. The molecule has 2 fully saturated rings. The highest BCUT2D eigenvalue weighted by Gasteiger charge is 2.39. The number of rotatable bonds is 1. The lowest BCUT2D eigenvalue weighted by molar-refractivity contribution is 0.219. The Hall–Kier alpha value is 0.660. The Balaban J connectivity index is 2.06. The number of fused-ring (bicyclic) bond motifs is 2. The van der Waals surface area contributed by atoms with Crippen LogP contribution in [0.1, 0.15) is 32.6 Å². The summed E-state index contributed by atoms with van der Waals surface area (Å²) in [5.41, 5.74) is 0. The fourth-order valence-electron chi connectivity index (χ4n) is 2.54. The summed E-state index contributed by atoms with van der Waals surface area (Å²) in [7, 11) is 1.65. The first-order valence-electron chi connectivity index (χ1n) is 4.41. The van der Waals surface area contributed by atoms with Crippen LogP contribution in [0.2, 0.25) is 0 Å². The van der Waals surface area contributed by atoms with E-state index in [4.69, 9.17) is 0 Å². The minimum Gasteiger partial charge on any atom is -0.235 e. The normalized spacial score (nSPS) is 44.7. The van der Waals surface area contributed by atoms with Crippen LogP contribution in [-0.4, -0.2) is 16.4 Å². The van der Waals surface area contributed by atoms with Crippen molar-refractivity contribution in [3.63, 3.8) is 0 Å². The first-order valence-corrected chi connectivity index (χ1v) is 6.23.